The number of carbonyl (C=O) groups excluding carboxylic acids is 1. The molecule has 0 unspecified atom stereocenters. The van der Waals surface area contributed by atoms with Gasteiger partial charge in [0.1, 0.15) is 6.54 Å². The number of nitrogens with one attached hydrogen (secondary N) is 1. The molecule has 0 atom stereocenters. The summed E-state index contributed by atoms with van der Waals surface area (Å²) in [6, 6.07) is 5.23. The molecule has 2 rings (SSSR count). The number of nitrogen functional groups attached to an aromatic ring is 1. The molecule has 5 nitrogen and oxygen atoms in total. The molecule has 1 amide bonds. The molecule has 6 heteroatoms. The molecule has 0 saturated heterocycles. The van der Waals surface area contributed by atoms with Gasteiger partial charge in [-0.3, -0.25) is 9.48 Å². The van der Waals surface area contributed by atoms with Gasteiger partial charge in [0.05, 0.1) is 11.9 Å². The lowest BCUT2D eigenvalue weighted by Gasteiger charge is -2.08. The molecule has 0 saturated carbocycles. The number of hydrogen-bond donors (Lipinski definition) is 2. The van der Waals surface area contributed by atoms with E-state index in [9.17, 15) is 4.79 Å². The molecule has 0 bridgehead atoms. The van der Waals surface area contributed by atoms with E-state index in [0.717, 1.165) is 10.0 Å². The first-order valence-electron chi connectivity index (χ1n) is 5.38. The zero-order chi connectivity index (χ0) is 13.1. The van der Waals surface area contributed by atoms with Gasteiger partial charge in [-0.2, -0.15) is 5.10 Å². The van der Waals surface area contributed by atoms with E-state index in [4.69, 9.17) is 5.73 Å². The number of carbonyl (C=O) groups is 1. The highest BCUT2D eigenvalue weighted by Crippen LogP contribution is 2.24. The van der Waals surface area contributed by atoms with Gasteiger partial charge in [0, 0.05) is 16.4 Å². The van der Waals surface area contributed by atoms with Crippen LogP contribution < -0.4 is 11.1 Å². The Balaban J connectivity index is 2.03. The minimum absolute atomic E-state index is 0.136. The van der Waals surface area contributed by atoms with Crippen LogP contribution in [0, 0.1) is 6.92 Å². The third kappa shape index (κ3) is 3.10. The number of hydrogen-bond acceptors (Lipinski definition) is 3. The van der Waals surface area contributed by atoms with Gasteiger partial charge >= 0.3 is 0 Å². The second-order valence-electron chi connectivity index (χ2n) is 4.00. The maximum atomic E-state index is 11.8. The number of benzene rings is 1. The summed E-state index contributed by atoms with van der Waals surface area (Å²) in [5.74, 6) is -0.136. The van der Waals surface area contributed by atoms with Gasteiger partial charge < -0.3 is 11.1 Å². The highest BCUT2D eigenvalue weighted by Gasteiger charge is 2.07. The molecule has 0 aliphatic carbocycles. The maximum absolute atomic E-state index is 11.8. The Hall–Kier alpha value is -1.82. The third-order valence-corrected chi connectivity index (χ3v) is 2.99. The fourth-order valence-corrected chi connectivity index (χ4v) is 2.02. The molecule has 1 heterocycles. The Morgan fingerprint density at radius 2 is 2.33 bits per heavy atom. The van der Waals surface area contributed by atoms with Crippen LogP contribution in [0.25, 0.3) is 0 Å². The van der Waals surface area contributed by atoms with E-state index in [0.29, 0.717) is 11.4 Å². The summed E-state index contributed by atoms with van der Waals surface area (Å²) in [6.45, 7) is 2.11. The number of nitrogens with zero attached hydrogens (tertiary/aromatic N) is 2. The van der Waals surface area contributed by atoms with Crippen molar-refractivity contribution in [3.05, 3.63) is 40.6 Å². The summed E-state index contributed by atoms with van der Waals surface area (Å²) in [5, 5.41) is 6.85. The van der Waals surface area contributed by atoms with E-state index in [2.05, 4.69) is 26.3 Å². The summed E-state index contributed by atoms with van der Waals surface area (Å²) in [4.78, 5) is 11.8. The summed E-state index contributed by atoms with van der Waals surface area (Å²) >= 11 is 3.35. The van der Waals surface area contributed by atoms with E-state index in [1.54, 1.807) is 29.1 Å². The highest BCUT2D eigenvalue weighted by atomic mass is 79.9. The number of aromatic nitrogens is 2. The lowest BCUT2D eigenvalue weighted by atomic mass is 10.3. The van der Waals surface area contributed by atoms with E-state index in [1.807, 2.05) is 13.1 Å². The van der Waals surface area contributed by atoms with Gasteiger partial charge in [0.2, 0.25) is 5.91 Å². The number of aryl methyl sites for hydroxylation is 1. The van der Waals surface area contributed by atoms with Crippen LogP contribution in [0.3, 0.4) is 0 Å². The van der Waals surface area contributed by atoms with Crippen molar-refractivity contribution in [3.63, 3.8) is 0 Å². The summed E-state index contributed by atoms with van der Waals surface area (Å²) < 4.78 is 2.35. The highest BCUT2D eigenvalue weighted by molar-refractivity contribution is 9.10. The molecule has 1 aromatic carbocycles. The molecule has 3 N–H and O–H groups in total. The quantitative estimate of drug-likeness (QED) is 0.854. The summed E-state index contributed by atoms with van der Waals surface area (Å²) in [5.41, 5.74) is 7.99. The molecule has 94 valence electrons. The van der Waals surface area contributed by atoms with Crippen molar-refractivity contribution in [1.82, 2.24) is 9.78 Å². The largest absolute Gasteiger partial charge is 0.399 e. The molecular formula is C12H13BrN4O. The molecule has 0 spiro atoms. The minimum Gasteiger partial charge on any atom is -0.399 e. The zero-order valence-electron chi connectivity index (χ0n) is 9.85. The molecular weight excluding hydrogens is 296 g/mol. The Labute approximate surface area is 113 Å². The van der Waals surface area contributed by atoms with Gasteiger partial charge in [-0.15, -0.1) is 0 Å². The number of amides is 1. The third-order valence-electron chi connectivity index (χ3n) is 2.34. The standard InChI is InChI=1S/C12H13BrN4O/c1-8-5-15-17(6-8)7-12(18)16-11-3-2-9(14)4-10(11)13/h2-6H,7,14H2,1H3,(H,16,18). The second kappa shape index (κ2) is 5.22. The topological polar surface area (TPSA) is 72.9 Å². The van der Waals surface area contributed by atoms with Crippen LogP contribution >= 0.6 is 15.9 Å². The SMILES string of the molecule is Cc1cnn(CC(=O)Nc2ccc(N)cc2Br)c1. The van der Waals surface area contributed by atoms with E-state index < -0.39 is 0 Å². The maximum Gasteiger partial charge on any atom is 0.246 e. The first-order valence-corrected chi connectivity index (χ1v) is 6.18. The summed E-state index contributed by atoms with van der Waals surface area (Å²) in [6.07, 6.45) is 3.53. The monoisotopic (exact) mass is 308 g/mol. The number of rotatable bonds is 3. The van der Waals surface area contributed by atoms with Gasteiger partial charge in [0.15, 0.2) is 0 Å². The molecule has 0 aliphatic rings. The van der Waals surface area contributed by atoms with Crippen LogP contribution in [-0.2, 0) is 11.3 Å². The van der Waals surface area contributed by atoms with Crippen LogP contribution in [-0.4, -0.2) is 15.7 Å². The Morgan fingerprint density at radius 1 is 1.56 bits per heavy atom. The molecule has 0 radical (unpaired) electrons. The second-order valence-corrected chi connectivity index (χ2v) is 4.86. The first-order chi connectivity index (χ1) is 8.54. The predicted octanol–water partition coefficient (Wildman–Crippen LogP) is 2.17. The van der Waals surface area contributed by atoms with Crippen molar-refractivity contribution in [2.75, 3.05) is 11.1 Å². The zero-order valence-corrected chi connectivity index (χ0v) is 11.4. The van der Waals surface area contributed by atoms with Crippen LogP contribution in [0.2, 0.25) is 0 Å². The van der Waals surface area contributed by atoms with Crippen molar-refractivity contribution >= 4 is 33.2 Å². The predicted molar refractivity (Wildman–Crippen MR) is 74.1 cm³/mol. The number of nitrogens with two attached hydrogens (primary N) is 1. The lowest BCUT2D eigenvalue weighted by Crippen LogP contribution is -2.19. The van der Waals surface area contributed by atoms with Gasteiger partial charge in [-0.05, 0) is 46.6 Å². The van der Waals surface area contributed by atoms with Gasteiger partial charge in [0.25, 0.3) is 0 Å². The van der Waals surface area contributed by atoms with Crippen LogP contribution in [0.1, 0.15) is 5.56 Å². The molecule has 2 aromatic rings. The van der Waals surface area contributed by atoms with Crippen LogP contribution in [0.4, 0.5) is 11.4 Å². The Bertz CT molecular complexity index is 579. The van der Waals surface area contributed by atoms with E-state index in [1.165, 1.54) is 0 Å². The average molecular weight is 309 g/mol. The normalized spacial score (nSPS) is 10.3. The van der Waals surface area contributed by atoms with Crippen LogP contribution in [0.15, 0.2) is 35.1 Å². The van der Waals surface area contributed by atoms with Gasteiger partial charge in [-0.1, -0.05) is 0 Å². The van der Waals surface area contributed by atoms with E-state index in [-0.39, 0.29) is 12.5 Å². The fraction of sp³-hybridized carbons (Fsp3) is 0.167. The number of anilines is 2. The van der Waals surface area contributed by atoms with Crippen molar-refractivity contribution in [2.24, 2.45) is 0 Å². The lowest BCUT2D eigenvalue weighted by molar-refractivity contribution is -0.116. The van der Waals surface area contributed by atoms with Gasteiger partial charge in [-0.25, -0.2) is 0 Å². The van der Waals surface area contributed by atoms with Crippen molar-refractivity contribution in [2.45, 2.75) is 13.5 Å². The average Bonchev–Trinajstić information content (AvgIpc) is 2.68. The number of halogens is 1. The fourth-order valence-electron chi connectivity index (χ4n) is 1.52. The van der Waals surface area contributed by atoms with Crippen molar-refractivity contribution < 1.29 is 4.79 Å². The van der Waals surface area contributed by atoms with Crippen molar-refractivity contribution in [3.8, 4) is 0 Å². The molecule has 1 aromatic heterocycles. The van der Waals surface area contributed by atoms with E-state index >= 15 is 0 Å². The van der Waals surface area contributed by atoms with Crippen LogP contribution in [0.5, 0.6) is 0 Å². The Morgan fingerprint density at radius 3 is 2.94 bits per heavy atom. The first kappa shape index (κ1) is 12.6. The molecule has 18 heavy (non-hydrogen) atoms. The minimum atomic E-state index is -0.136. The van der Waals surface area contributed by atoms with Crippen molar-refractivity contribution in [1.29, 1.82) is 0 Å². The smallest absolute Gasteiger partial charge is 0.246 e. The Kier molecular flexibility index (Phi) is 3.66. The molecule has 0 fully saturated rings. The molecule has 0 aliphatic heterocycles. The summed E-state index contributed by atoms with van der Waals surface area (Å²) in [7, 11) is 0.